The van der Waals surface area contributed by atoms with E-state index in [4.69, 9.17) is 17.3 Å². The first-order valence-corrected chi connectivity index (χ1v) is 6.81. The molecule has 0 unspecified atom stereocenters. The summed E-state index contributed by atoms with van der Waals surface area (Å²) in [6.07, 6.45) is 0. The molecule has 98 valence electrons. The van der Waals surface area contributed by atoms with Crippen LogP contribution < -0.4 is 11.1 Å². The molecule has 0 aliphatic heterocycles. The summed E-state index contributed by atoms with van der Waals surface area (Å²) >= 11 is 9.31. The zero-order chi connectivity index (χ0) is 13.8. The van der Waals surface area contributed by atoms with Crippen molar-refractivity contribution in [1.29, 1.82) is 0 Å². The van der Waals surface area contributed by atoms with Crippen LogP contribution in [-0.4, -0.2) is 5.91 Å². The van der Waals surface area contributed by atoms with Gasteiger partial charge in [0.25, 0.3) is 5.91 Å². The van der Waals surface area contributed by atoms with E-state index in [1.54, 1.807) is 24.3 Å². The summed E-state index contributed by atoms with van der Waals surface area (Å²) in [5, 5.41) is 3.45. The lowest BCUT2D eigenvalue weighted by atomic mass is 10.1. The van der Waals surface area contributed by atoms with Gasteiger partial charge in [-0.15, -0.1) is 0 Å². The van der Waals surface area contributed by atoms with Crippen LogP contribution in [-0.2, 0) is 6.54 Å². The van der Waals surface area contributed by atoms with Crippen molar-refractivity contribution in [2.75, 3.05) is 5.73 Å². The Balaban J connectivity index is 2.05. The van der Waals surface area contributed by atoms with E-state index in [-0.39, 0.29) is 5.91 Å². The number of nitrogens with two attached hydrogens (primary N) is 1. The molecule has 5 heteroatoms. The normalized spacial score (nSPS) is 10.2. The maximum Gasteiger partial charge on any atom is 0.251 e. The number of anilines is 1. The highest BCUT2D eigenvalue weighted by molar-refractivity contribution is 9.10. The molecule has 3 N–H and O–H groups in total. The average Bonchev–Trinajstić information content (AvgIpc) is 2.40. The minimum absolute atomic E-state index is 0.181. The number of benzene rings is 2. The van der Waals surface area contributed by atoms with Crippen molar-refractivity contribution in [3.63, 3.8) is 0 Å². The van der Waals surface area contributed by atoms with E-state index in [9.17, 15) is 4.79 Å². The number of nitrogen functional groups attached to an aromatic ring is 1. The monoisotopic (exact) mass is 338 g/mol. The number of carbonyl (C=O) groups is 1. The van der Waals surface area contributed by atoms with E-state index in [2.05, 4.69) is 21.2 Å². The van der Waals surface area contributed by atoms with Gasteiger partial charge in [-0.05, 0) is 45.8 Å². The number of hydrogen-bond donors (Lipinski definition) is 2. The van der Waals surface area contributed by atoms with Crippen LogP contribution in [0.1, 0.15) is 15.9 Å². The summed E-state index contributed by atoms with van der Waals surface area (Å²) in [5.41, 5.74) is 7.67. The molecule has 0 atom stereocenters. The quantitative estimate of drug-likeness (QED) is 0.839. The van der Waals surface area contributed by atoms with Crippen LogP contribution in [0.3, 0.4) is 0 Å². The second-order valence-electron chi connectivity index (χ2n) is 4.01. The van der Waals surface area contributed by atoms with E-state index in [0.29, 0.717) is 22.8 Å². The van der Waals surface area contributed by atoms with Gasteiger partial charge in [0.1, 0.15) is 0 Å². The number of hydrogen-bond acceptors (Lipinski definition) is 2. The molecule has 2 rings (SSSR count). The molecule has 0 aliphatic carbocycles. The van der Waals surface area contributed by atoms with Crippen molar-refractivity contribution in [2.45, 2.75) is 6.54 Å². The largest absolute Gasteiger partial charge is 0.398 e. The Labute approximate surface area is 124 Å². The van der Waals surface area contributed by atoms with Gasteiger partial charge < -0.3 is 11.1 Å². The molecule has 0 aliphatic rings. The lowest BCUT2D eigenvalue weighted by molar-refractivity contribution is 0.0951. The summed E-state index contributed by atoms with van der Waals surface area (Å²) in [5.74, 6) is -0.181. The minimum atomic E-state index is -0.181. The van der Waals surface area contributed by atoms with Crippen LogP contribution in [0.15, 0.2) is 46.9 Å². The molecule has 0 heterocycles. The van der Waals surface area contributed by atoms with Crippen molar-refractivity contribution in [3.8, 4) is 0 Å². The van der Waals surface area contributed by atoms with Gasteiger partial charge in [-0.3, -0.25) is 4.79 Å². The van der Waals surface area contributed by atoms with Gasteiger partial charge in [0.05, 0.1) is 0 Å². The second kappa shape index (κ2) is 6.08. The smallest absolute Gasteiger partial charge is 0.251 e. The highest BCUT2D eigenvalue weighted by atomic mass is 79.9. The number of halogens is 2. The van der Waals surface area contributed by atoms with Crippen molar-refractivity contribution in [2.24, 2.45) is 0 Å². The summed E-state index contributed by atoms with van der Waals surface area (Å²) in [7, 11) is 0. The molecule has 2 aromatic carbocycles. The highest BCUT2D eigenvalue weighted by Crippen LogP contribution is 2.20. The molecule has 0 bridgehead atoms. The topological polar surface area (TPSA) is 55.1 Å². The molecule has 0 spiro atoms. The Bertz CT molecular complexity index is 616. The SMILES string of the molecule is Nc1cc(C(=O)NCc2ccccc2Cl)ccc1Br. The average molecular weight is 340 g/mol. The zero-order valence-electron chi connectivity index (χ0n) is 9.99. The van der Waals surface area contributed by atoms with E-state index >= 15 is 0 Å². The number of rotatable bonds is 3. The van der Waals surface area contributed by atoms with Crippen molar-refractivity contribution in [1.82, 2.24) is 5.32 Å². The number of carbonyl (C=O) groups excluding carboxylic acids is 1. The molecule has 3 nitrogen and oxygen atoms in total. The Morgan fingerprint density at radius 1 is 1.26 bits per heavy atom. The maximum absolute atomic E-state index is 12.0. The molecule has 0 saturated heterocycles. The number of amides is 1. The van der Waals surface area contributed by atoms with Crippen LogP contribution in [0, 0.1) is 0 Å². The standard InChI is InChI=1S/C14H12BrClN2O/c15-11-6-5-9(7-13(11)17)14(19)18-8-10-3-1-2-4-12(10)16/h1-7H,8,17H2,(H,18,19). The van der Waals surface area contributed by atoms with E-state index in [0.717, 1.165) is 10.0 Å². The fourth-order valence-corrected chi connectivity index (χ4v) is 2.05. The van der Waals surface area contributed by atoms with Gasteiger partial charge in [-0.2, -0.15) is 0 Å². The first-order chi connectivity index (χ1) is 9.08. The fourth-order valence-electron chi connectivity index (χ4n) is 1.60. The highest BCUT2D eigenvalue weighted by Gasteiger charge is 2.08. The molecule has 1 amide bonds. The van der Waals surface area contributed by atoms with E-state index in [1.807, 2.05) is 18.2 Å². The van der Waals surface area contributed by atoms with Crippen LogP contribution >= 0.6 is 27.5 Å². The van der Waals surface area contributed by atoms with Crippen LogP contribution in [0.25, 0.3) is 0 Å². The van der Waals surface area contributed by atoms with Crippen LogP contribution in [0.5, 0.6) is 0 Å². The second-order valence-corrected chi connectivity index (χ2v) is 5.27. The molecule has 19 heavy (non-hydrogen) atoms. The van der Waals surface area contributed by atoms with Gasteiger partial charge in [0, 0.05) is 27.3 Å². The van der Waals surface area contributed by atoms with Gasteiger partial charge >= 0.3 is 0 Å². The molecule has 2 aromatic rings. The van der Waals surface area contributed by atoms with Crippen molar-refractivity contribution >= 4 is 39.1 Å². The molecule has 0 radical (unpaired) electrons. The molecule has 0 saturated carbocycles. The van der Waals surface area contributed by atoms with E-state index < -0.39 is 0 Å². The minimum Gasteiger partial charge on any atom is -0.398 e. The third-order valence-electron chi connectivity index (χ3n) is 2.66. The van der Waals surface area contributed by atoms with Crippen LogP contribution in [0.4, 0.5) is 5.69 Å². The van der Waals surface area contributed by atoms with Crippen molar-refractivity contribution in [3.05, 3.63) is 63.1 Å². The summed E-state index contributed by atoms with van der Waals surface area (Å²) in [6.45, 7) is 0.383. The Kier molecular flexibility index (Phi) is 4.45. The molecular weight excluding hydrogens is 328 g/mol. The Morgan fingerprint density at radius 3 is 2.68 bits per heavy atom. The van der Waals surface area contributed by atoms with Crippen molar-refractivity contribution < 1.29 is 4.79 Å². The van der Waals surface area contributed by atoms with Gasteiger partial charge in [-0.1, -0.05) is 29.8 Å². The summed E-state index contributed by atoms with van der Waals surface area (Å²) in [4.78, 5) is 12.0. The lowest BCUT2D eigenvalue weighted by Gasteiger charge is -2.08. The molecular formula is C14H12BrClN2O. The first kappa shape index (κ1) is 13.9. The zero-order valence-corrected chi connectivity index (χ0v) is 12.3. The summed E-state index contributed by atoms with van der Waals surface area (Å²) in [6, 6.07) is 12.5. The predicted molar refractivity (Wildman–Crippen MR) is 81.2 cm³/mol. The maximum atomic E-state index is 12.0. The van der Waals surface area contributed by atoms with Gasteiger partial charge in [-0.25, -0.2) is 0 Å². The third kappa shape index (κ3) is 3.49. The summed E-state index contributed by atoms with van der Waals surface area (Å²) < 4.78 is 0.773. The Hall–Kier alpha value is -1.52. The lowest BCUT2D eigenvalue weighted by Crippen LogP contribution is -2.23. The van der Waals surface area contributed by atoms with Gasteiger partial charge in [0.2, 0.25) is 0 Å². The van der Waals surface area contributed by atoms with Crippen LogP contribution in [0.2, 0.25) is 5.02 Å². The molecule has 0 aromatic heterocycles. The Morgan fingerprint density at radius 2 is 2.00 bits per heavy atom. The first-order valence-electron chi connectivity index (χ1n) is 5.64. The van der Waals surface area contributed by atoms with E-state index in [1.165, 1.54) is 0 Å². The number of nitrogens with one attached hydrogen (secondary N) is 1. The van der Waals surface area contributed by atoms with Gasteiger partial charge in [0.15, 0.2) is 0 Å². The molecule has 0 fully saturated rings. The fraction of sp³-hybridized carbons (Fsp3) is 0.0714. The predicted octanol–water partition coefficient (Wildman–Crippen LogP) is 3.61. The third-order valence-corrected chi connectivity index (χ3v) is 3.75.